The lowest BCUT2D eigenvalue weighted by atomic mass is 9.89. The van der Waals surface area contributed by atoms with Crippen LogP contribution in [0.15, 0.2) is 35.0 Å². The molecule has 0 spiro atoms. The van der Waals surface area contributed by atoms with Gasteiger partial charge in [-0.2, -0.15) is 0 Å². The molecule has 0 saturated carbocycles. The molecular formula is C21H26N2O10. The SMILES string of the molecule is CCOC(=O)OC1=C(C)NC(C)=C(OC(=O)OCC)C1c1cc(OC)c(OC)cc1[N+](=O)[O-]. The van der Waals surface area contributed by atoms with Crippen LogP contribution in [-0.4, -0.2) is 44.7 Å². The van der Waals surface area contributed by atoms with Gasteiger partial charge in [-0.05, 0) is 33.8 Å². The third kappa shape index (κ3) is 5.64. The van der Waals surface area contributed by atoms with E-state index in [-0.39, 0.29) is 47.5 Å². The Labute approximate surface area is 190 Å². The van der Waals surface area contributed by atoms with Crippen LogP contribution in [0.2, 0.25) is 0 Å². The molecule has 0 amide bonds. The Kier molecular flexibility index (Phi) is 8.49. The van der Waals surface area contributed by atoms with E-state index < -0.39 is 23.2 Å². The largest absolute Gasteiger partial charge is 0.513 e. The first-order chi connectivity index (χ1) is 15.7. The molecule has 0 saturated heterocycles. The number of rotatable bonds is 8. The van der Waals surface area contributed by atoms with Gasteiger partial charge in [0, 0.05) is 0 Å². The molecule has 1 N–H and O–H groups in total. The van der Waals surface area contributed by atoms with Gasteiger partial charge in [-0.3, -0.25) is 10.1 Å². The fourth-order valence-electron chi connectivity index (χ4n) is 3.26. The zero-order chi connectivity index (χ0) is 24.7. The van der Waals surface area contributed by atoms with Gasteiger partial charge < -0.3 is 33.7 Å². The van der Waals surface area contributed by atoms with Gasteiger partial charge in [-0.1, -0.05) is 0 Å². The molecule has 12 heteroatoms. The molecule has 1 aliphatic heterocycles. The third-order valence-corrected chi connectivity index (χ3v) is 4.59. The molecule has 33 heavy (non-hydrogen) atoms. The second-order valence-electron chi connectivity index (χ2n) is 6.63. The van der Waals surface area contributed by atoms with Crippen molar-refractivity contribution in [1.82, 2.24) is 5.32 Å². The van der Waals surface area contributed by atoms with Gasteiger partial charge in [0.1, 0.15) is 17.4 Å². The number of methoxy groups -OCH3 is 2. The first-order valence-corrected chi connectivity index (χ1v) is 9.96. The topological polar surface area (TPSA) is 145 Å². The second-order valence-corrected chi connectivity index (χ2v) is 6.63. The molecule has 0 bridgehead atoms. The molecule has 0 atom stereocenters. The average Bonchev–Trinajstić information content (AvgIpc) is 2.76. The Hall–Kier alpha value is -3.96. The lowest BCUT2D eigenvalue weighted by Crippen LogP contribution is -2.29. The molecule has 1 aliphatic rings. The summed E-state index contributed by atoms with van der Waals surface area (Å²) in [7, 11) is 2.70. The molecule has 0 unspecified atom stereocenters. The Morgan fingerprint density at radius 3 is 1.79 bits per heavy atom. The fourth-order valence-corrected chi connectivity index (χ4v) is 3.26. The zero-order valence-electron chi connectivity index (χ0n) is 19.2. The molecule has 180 valence electrons. The van der Waals surface area contributed by atoms with Crippen LogP contribution < -0.4 is 14.8 Å². The summed E-state index contributed by atoms with van der Waals surface area (Å²) in [4.78, 5) is 35.6. The van der Waals surface area contributed by atoms with Crippen LogP contribution in [-0.2, 0) is 18.9 Å². The number of hydrogen-bond acceptors (Lipinski definition) is 11. The highest BCUT2D eigenvalue weighted by Crippen LogP contribution is 2.46. The highest BCUT2D eigenvalue weighted by Gasteiger charge is 2.40. The van der Waals surface area contributed by atoms with E-state index in [9.17, 15) is 19.7 Å². The van der Waals surface area contributed by atoms with E-state index in [0.717, 1.165) is 0 Å². The number of nitro groups is 1. The van der Waals surface area contributed by atoms with Gasteiger partial charge in [0.05, 0.1) is 55.4 Å². The smallest absolute Gasteiger partial charge is 0.493 e. The molecule has 1 heterocycles. The Morgan fingerprint density at radius 2 is 1.39 bits per heavy atom. The number of benzene rings is 1. The Morgan fingerprint density at radius 1 is 0.939 bits per heavy atom. The van der Waals surface area contributed by atoms with Gasteiger partial charge in [0.15, 0.2) is 11.5 Å². The number of nitrogens with zero attached hydrogens (tertiary/aromatic N) is 1. The number of hydrogen-bond donors (Lipinski definition) is 1. The number of nitro benzene ring substituents is 1. The summed E-state index contributed by atoms with van der Waals surface area (Å²) in [6, 6.07) is 2.53. The standard InChI is InChI=1S/C21H26N2O10/c1-7-30-20(24)32-18-11(3)22-12(4)19(33-21(25)31-8-2)17(18)13-9-15(28-5)16(29-6)10-14(13)23(26)27/h9-10,17,22H,7-8H2,1-6H3. The predicted molar refractivity (Wildman–Crippen MR) is 114 cm³/mol. The first-order valence-electron chi connectivity index (χ1n) is 9.96. The monoisotopic (exact) mass is 466 g/mol. The van der Waals surface area contributed by atoms with E-state index in [1.165, 1.54) is 26.4 Å². The fraction of sp³-hybridized carbons (Fsp3) is 0.429. The summed E-state index contributed by atoms with van der Waals surface area (Å²) in [5.74, 6) is -1.02. The maximum absolute atomic E-state index is 12.2. The quantitative estimate of drug-likeness (QED) is 0.335. The number of ether oxygens (including phenoxy) is 6. The lowest BCUT2D eigenvalue weighted by molar-refractivity contribution is -0.385. The minimum Gasteiger partial charge on any atom is -0.493 e. The molecule has 0 aromatic heterocycles. The number of nitrogens with one attached hydrogen (secondary N) is 1. The van der Waals surface area contributed by atoms with Crippen molar-refractivity contribution >= 4 is 18.0 Å². The average molecular weight is 466 g/mol. The predicted octanol–water partition coefficient (Wildman–Crippen LogP) is 4.11. The number of carbonyl (C=O) groups excluding carboxylic acids is 2. The van der Waals surface area contributed by atoms with Crippen molar-refractivity contribution < 1.29 is 42.9 Å². The molecule has 0 fully saturated rings. The Bertz CT molecular complexity index is 957. The summed E-state index contributed by atoms with van der Waals surface area (Å²) < 4.78 is 31.0. The summed E-state index contributed by atoms with van der Waals surface area (Å²) in [5, 5.41) is 14.9. The molecule has 2 rings (SSSR count). The van der Waals surface area contributed by atoms with E-state index in [0.29, 0.717) is 11.4 Å². The molecule has 0 radical (unpaired) electrons. The van der Waals surface area contributed by atoms with Crippen LogP contribution >= 0.6 is 0 Å². The van der Waals surface area contributed by atoms with Gasteiger partial charge in [-0.25, -0.2) is 9.59 Å². The van der Waals surface area contributed by atoms with Crippen LogP contribution in [0.5, 0.6) is 11.5 Å². The van der Waals surface area contributed by atoms with E-state index in [2.05, 4.69) is 5.32 Å². The van der Waals surface area contributed by atoms with Crippen molar-refractivity contribution in [2.45, 2.75) is 33.6 Å². The highest BCUT2D eigenvalue weighted by molar-refractivity contribution is 5.67. The van der Waals surface area contributed by atoms with Crippen molar-refractivity contribution in [3.63, 3.8) is 0 Å². The van der Waals surface area contributed by atoms with E-state index in [4.69, 9.17) is 28.4 Å². The summed E-state index contributed by atoms with van der Waals surface area (Å²) in [5.41, 5.74) is 0.350. The number of allylic oxidation sites excluding steroid dienone is 2. The molecule has 1 aromatic rings. The minimum atomic E-state index is -1.19. The summed E-state index contributed by atoms with van der Waals surface area (Å²) in [6.45, 7) is 6.47. The van der Waals surface area contributed by atoms with Crippen LogP contribution in [0.4, 0.5) is 15.3 Å². The minimum absolute atomic E-state index is 0.0245. The van der Waals surface area contributed by atoms with Gasteiger partial charge in [-0.15, -0.1) is 0 Å². The van der Waals surface area contributed by atoms with E-state index in [1.54, 1.807) is 27.7 Å². The summed E-state index contributed by atoms with van der Waals surface area (Å²) in [6.07, 6.45) is -2.06. The summed E-state index contributed by atoms with van der Waals surface area (Å²) >= 11 is 0. The first kappa shape index (κ1) is 25.3. The van der Waals surface area contributed by atoms with Crippen LogP contribution in [0, 0.1) is 10.1 Å². The van der Waals surface area contributed by atoms with Crippen molar-refractivity contribution in [3.05, 3.63) is 50.7 Å². The van der Waals surface area contributed by atoms with Gasteiger partial charge in [0.2, 0.25) is 0 Å². The molecular weight excluding hydrogens is 440 g/mol. The van der Waals surface area contributed by atoms with Crippen molar-refractivity contribution in [2.24, 2.45) is 0 Å². The Balaban J connectivity index is 2.78. The maximum Gasteiger partial charge on any atom is 0.513 e. The third-order valence-electron chi connectivity index (χ3n) is 4.59. The highest BCUT2D eigenvalue weighted by atomic mass is 16.7. The second kappa shape index (κ2) is 11.1. The molecule has 12 nitrogen and oxygen atoms in total. The van der Waals surface area contributed by atoms with Crippen LogP contribution in [0.1, 0.15) is 39.2 Å². The zero-order valence-corrected chi connectivity index (χ0v) is 19.2. The van der Waals surface area contributed by atoms with Crippen molar-refractivity contribution in [2.75, 3.05) is 27.4 Å². The molecule has 1 aromatic carbocycles. The van der Waals surface area contributed by atoms with E-state index in [1.807, 2.05) is 0 Å². The maximum atomic E-state index is 12.2. The van der Waals surface area contributed by atoms with Crippen molar-refractivity contribution in [1.29, 1.82) is 0 Å². The van der Waals surface area contributed by atoms with Gasteiger partial charge in [0.25, 0.3) is 5.69 Å². The normalized spacial score (nSPS) is 13.8. The number of dihydropyridines is 1. The van der Waals surface area contributed by atoms with Crippen molar-refractivity contribution in [3.8, 4) is 11.5 Å². The van der Waals surface area contributed by atoms with Gasteiger partial charge >= 0.3 is 12.3 Å². The lowest BCUT2D eigenvalue weighted by Gasteiger charge is -2.30. The van der Waals surface area contributed by atoms with Crippen LogP contribution in [0.25, 0.3) is 0 Å². The van der Waals surface area contributed by atoms with E-state index >= 15 is 0 Å². The molecule has 0 aliphatic carbocycles. The van der Waals surface area contributed by atoms with Crippen LogP contribution in [0.3, 0.4) is 0 Å². The number of carbonyl (C=O) groups is 2.